The summed E-state index contributed by atoms with van der Waals surface area (Å²) in [6.45, 7) is 1.56. The van der Waals surface area contributed by atoms with Crippen LogP contribution in [0.1, 0.15) is 26.2 Å². The SMILES string of the molecule is CC(=O)[C@H]1CCC(=O)C1.S. The molecule has 1 saturated carbocycles. The fourth-order valence-corrected chi connectivity index (χ4v) is 1.16. The van der Waals surface area contributed by atoms with Gasteiger partial charge in [-0.05, 0) is 13.3 Å². The Kier molecular flexibility index (Phi) is 3.64. The van der Waals surface area contributed by atoms with E-state index in [1.54, 1.807) is 6.92 Å². The first kappa shape index (κ1) is 9.69. The highest BCUT2D eigenvalue weighted by atomic mass is 32.1. The van der Waals surface area contributed by atoms with Crippen molar-refractivity contribution in [2.24, 2.45) is 5.92 Å². The van der Waals surface area contributed by atoms with Gasteiger partial charge in [0, 0.05) is 18.8 Å². The van der Waals surface area contributed by atoms with Crippen LogP contribution in [0.4, 0.5) is 0 Å². The number of carbonyl (C=O) groups is 2. The van der Waals surface area contributed by atoms with Gasteiger partial charge in [0.15, 0.2) is 0 Å². The van der Waals surface area contributed by atoms with E-state index in [2.05, 4.69) is 0 Å². The molecular formula is C7H12O2S. The van der Waals surface area contributed by atoms with E-state index in [0.29, 0.717) is 12.8 Å². The lowest BCUT2D eigenvalue weighted by Gasteiger charge is -1.98. The molecule has 0 aromatic heterocycles. The highest BCUT2D eigenvalue weighted by Crippen LogP contribution is 2.21. The summed E-state index contributed by atoms with van der Waals surface area (Å²) in [6, 6.07) is 0. The predicted octanol–water partition coefficient (Wildman–Crippen LogP) is 1.06. The summed E-state index contributed by atoms with van der Waals surface area (Å²) in [6.07, 6.45) is 1.90. The molecule has 3 heteroatoms. The third kappa shape index (κ3) is 2.14. The van der Waals surface area contributed by atoms with Crippen molar-refractivity contribution >= 4 is 25.1 Å². The van der Waals surface area contributed by atoms with E-state index >= 15 is 0 Å². The Hall–Kier alpha value is -0.310. The number of rotatable bonds is 1. The van der Waals surface area contributed by atoms with Crippen molar-refractivity contribution in [1.82, 2.24) is 0 Å². The first-order chi connectivity index (χ1) is 4.20. The standard InChI is InChI=1S/C7H10O2.H2S/c1-5(8)6-2-3-7(9)4-6;/h6H,2-4H2,1H3;1H2/t6-;/m0./s1. The van der Waals surface area contributed by atoms with Gasteiger partial charge in [-0.15, -0.1) is 0 Å². The number of ketones is 2. The molecule has 0 bridgehead atoms. The van der Waals surface area contributed by atoms with Crippen molar-refractivity contribution in [2.75, 3.05) is 0 Å². The van der Waals surface area contributed by atoms with E-state index in [9.17, 15) is 9.59 Å². The molecule has 1 rings (SSSR count). The van der Waals surface area contributed by atoms with E-state index < -0.39 is 0 Å². The van der Waals surface area contributed by atoms with Crippen LogP contribution in [0.2, 0.25) is 0 Å². The molecule has 0 unspecified atom stereocenters. The van der Waals surface area contributed by atoms with Crippen molar-refractivity contribution in [1.29, 1.82) is 0 Å². The van der Waals surface area contributed by atoms with Crippen LogP contribution in [0.15, 0.2) is 0 Å². The number of hydrogen-bond donors (Lipinski definition) is 0. The first-order valence-electron chi connectivity index (χ1n) is 3.22. The number of carbonyl (C=O) groups excluding carboxylic acids is 2. The summed E-state index contributed by atoms with van der Waals surface area (Å²) < 4.78 is 0. The van der Waals surface area contributed by atoms with Crippen molar-refractivity contribution in [2.45, 2.75) is 26.2 Å². The molecule has 0 aliphatic heterocycles. The minimum absolute atomic E-state index is 0. The summed E-state index contributed by atoms with van der Waals surface area (Å²) in [5, 5.41) is 0. The zero-order valence-electron chi connectivity index (χ0n) is 6.02. The van der Waals surface area contributed by atoms with Gasteiger partial charge < -0.3 is 0 Å². The van der Waals surface area contributed by atoms with Gasteiger partial charge in [0.25, 0.3) is 0 Å². The van der Waals surface area contributed by atoms with Crippen molar-refractivity contribution in [3.63, 3.8) is 0 Å². The molecule has 0 heterocycles. The van der Waals surface area contributed by atoms with E-state index in [0.717, 1.165) is 6.42 Å². The summed E-state index contributed by atoms with van der Waals surface area (Å²) in [5.41, 5.74) is 0. The summed E-state index contributed by atoms with van der Waals surface area (Å²) >= 11 is 0. The average molecular weight is 160 g/mol. The smallest absolute Gasteiger partial charge is 0.133 e. The average Bonchev–Trinajstić information content (AvgIpc) is 2.14. The second-order valence-corrected chi connectivity index (χ2v) is 2.59. The Labute approximate surface area is 67.4 Å². The van der Waals surface area contributed by atoms with Gasteiger partial charge in [0.05, 0.1) is 0 Å². The van der Waals surface area contributed by atoms with Gasteiger partial charge in [-0.3, -0.25) is 9.59 Å². The van der Waals surface area contributed by atoms with E-state index in [1.807, 2.05) is 0 Å². The molecule has 1 aliphatic rings. The van der Waals surface area contributed by atoms with Crippen LogP contribution in [0.25, 0.3) is 0 Å². The molecular weight excluding hydrogens is 148 g/mol. The molecule has 0 saturated heterocycles. The fourth-order valence-electron chi connectivity index (χ4n) is 1.16. The maximum absolute atomic E-state index is 10.6. The van der Waals surface area contributed by atoms with Gasteiger partial charge in [0.1, 0.15) is 11.6 Å². The Balaban J connectivity index is 0.000000810. The maximum Gasteiger partial charge on any atom is 0.133 e. The number of Topliss-reactive ketones (excluding diaryl/α,β-unsaturated/α-hetero) is 2. The highest BCUT2D eigenvalue weighted by molar-refractivity contribution is 7.59. The quantitative estimate of drug-likeness (QED) is 0.574. The third-order valence-electron chi connectivity index (χ3n) is 1.82. The van der Waals surface area contributed by atoms with Gasteiger partial charge in [-0.1, -0.05) is 0 Å². The monoisotopic (exact) mass is 160 g/mol. The molecule has 2 nitrogen and oxygen atoms in total. The lowest BCUT2D eigenvalue weighted by molar-refractivity contribution is -0.123. The minimum atomic E-state index is 0. The van der Waals surface area contributed by atoms with E-state index in [4.69, 9.17) is 0 Å². The number of hydrogen-bond acceptors (Lipinski definition) is 2. The Bertz CT molecular complexity index is 154. The van der Waals surface area contributed by atoms with Crippen LogP contribution >= 0.6 is 13.5 Å². The summed E-state index contributed by atoms with van der Waals surface area (Å²) in [5.74, 6) is 0.466. The summed E-state index contributed by atoms with van der Waals surface area (Å²) in [7, 11) is 0. The van der Waals surface area contributed by atoms with Crippen LogP contribution < -0.4 is 0 Å². The van der Waals surface area contributed by atoms with Crippen LogP contribution in [0, 0.1) is 5.92 Å². The zero-order chi connectivity index (χ0) is 6.85. The second-order valence-electron chi connectivity index (χ2n) is 2.59. The molecule has 1 atom stereocenters. The van der Waals surface area contributed by atoms with Crippen molar-refractivity contribution in [3.05, 3.63) is 0 Å². The molecule has 1 aliphatic carbocycles. The molecule has 0 aromatic rings. The topological polar surface area (TPSA) is 34.1 Å². The van der Waals surface area contributed by atoms with Gasteiger partial charge in [-0.25, -0.2) is 0 Å². The van der Waals surface area contributed by atoms with Gasteiger partial charge in [0.2, 0.25) is 0 Å². The Morgan fingerprint density at radius 2 is 2.20 bits per heavy atom. The molecule has 0 aromatic carbocycles. The third-order valence-corrected chi connectivity index (χ3v) is 1.82. The second kappa shape index (κ2) is 3.76. The molecule has 10 heavy (non-hydrogen) atoms. The largest absolute Gasteiger partial charge is 0.300 e. The van der Waals surface area contributed by atoms with E-state index in [-0.39, 0.29) is 31.0 Å². The normalized spacial score (nSPS) is 24.1. The molecule has 0 spiro atoms. The molecule has 0 radical (unpaired) electrons. The molecule has 58 valence electrons. The molecule has 1 fully saturated rings. The maximum atomic E-state index is 10.6. The van der Waals surface area contributed by atoms with Crippen LogP contribution in [0.3, 0.4) is 0 Å². The van der Waals surface area contributed by atoms with Crippen LogP contribution in [-0.4, -0.2) is 11.6 Å². The lowest BCUT2D eigenvalue weighted by Crippen LogP contribution is -2.05. The first-order valence-corrected chi connectivity index (χ1v) is 3.22. The zero-order valence-corrected chi connectivity index (χ0v) is 7.02. The fraction of sp³-hybridized carbons (Fsp3) is 0.714. The van der Waals surface area contributed by atoms with E-state index in [1.165, 1.54) is 0 Å². The molecule has 0 N–H and O–H groups in total. The van der Waals surface area contributed by atoms with Crippen molar-refractivity contribution < 1.29 is 9.59 Å². The van der Waals surface area contributed by atoms with Crippen LogP contribution in [-0.2, 0) is 9.59 Å². The minimum Gasteiger partial charge on any atom is -0.300 e. The Morgan fingerprint density at radius 1 is 1.60 bits per heavy atom. The summed E-state index contributed by atoms with van der Waals surface area (Å²) in [4.78, 5) is 21.2. The van der Waals surface area contributed by atoms with Gasteiger partial charge >= 0.3 is 0 Å². The Morgan fingerprint density at radius 3 is 2.40 bits per heavy atom. The van der Waals surface area contributed by atoms with Crippen LogP contribution in [0.5, 0.6) is 0 Å². The van der Waals surface area contributed by atoms with Gasteiger partial charge in [-0.2, -0.15) is 13.5 Å². The lowest BCUT2D eigenvalue weighted by atomic mass is 10.0. The molecule has 0 amide bonds. The van der Waals surface area contributed by atoms with Crippen molar-refractivity contribution in [3.8, 4) is 0 Å². The predicted molar refractivity (Wildman–Crippen MR) is 43.4 cm³/mol. The highest BCUT2D eigenvalue weighted by Gasteiger charge is 2.24.